The maximum absolute atomic E-state index is 11.3. The van der Waals surface area contributed by atoms with Gasteiger partial charge in [-0.15, -0.1) is 0 Å². The van der Waals surface area contributed by atoms with Crippen LogP contribution in [0.15, 0.2) is 41.7 Å². The van der Waals surface area contributed by atoms with Crippen molar-refractivity contribution in [3.63, 3.8) is 0 Å². The van der Waals surface area contributed by atoms with Crippen molar-refractivity contribution in [3.05, 3.63) is 47.2 Å². The summed E-state index contributed by atoms with van der Waals surface area (Å²) in [4.78, 5) is 32.8. The molecule has 0 saturated carbocycles. The first-order valence-corrected chi connectivity index (χ1v) is 7.40. The average molecular weight is 322 g/mol. The molecule has 0 aliphatic carbocycles. The highest BCUT2D eigenvalue weighted by Gasteiger charge is 2.28. The van der Waals surface area contributed by atoms with Crippen LogP contribution >= 0.6 is 0 Å². The highest BCUT2D eigenvalue weighted by atomic mass is 17.2. The average Bonchev–Trinajstić information content (AvgIpc) is 2.50. The maximum Gasteiger partial charge on any atom is 0.375 e. The lowest BCUT2D eigenvalue weighted by Gasteiger charge is -2.24. The van der Waals surface area contributed by atoms with E-state index in [-0.39, 0.29) is 12.0 Å². The van der Waals surface area contributed by atoms with Crippen molar-refractivity contribution in [1.29, 1.82) is 0 Å². The number of carboxylic acids is 2. The zero-order chi connectivity index (χ0) is 17.5. The van der Waals surface area contributed by atoms with E-state index in [1.807, 2.05) is 37.3 Å². The van der Waals surface area contributed by atoms with Gasteiger partial charge in [-0.25, -0.2) is 9.59 Å². The summed E-state index contributed by atoms with van der Waals surface area (Å²) >= 11 is 0. The predicted molar refractivity (Wildman–Crippen MR) is 83.5 cm³/mol. The van der Waals surface area contributed by atoms with Crippen molar-refractivity contribution in [1.82, 2.24) is 0 Å². The number of carbonyl (C=O) groups is 2. The maximum atomic E-state index is 11.3. The second kappa shape index (κ2) is 8.33. The van der Waals surface area contributed by atoms with Crippen LogP contribution in [0.3, 0.4) is 0 Å². The topological polar surface area (TPSA) is 93.1 Å². The van der Waals surface area contributed by atoms with Gasteiger partial charge in [-0.1, -0.05) is 43.7 Å². The zero-order valence-electron chi connectivity index (χ0n) is 13.5. The van der Waals surface area contributed by atoms with Crippen LogP contribution in [0.5, 0.6) is 0 Å². The Kier molecular flexibility index (Phi) is 6.78. The molecule has 23 heavy (non-hydrogen) atoms. The van der Waals surface area contributed by atoms with E-state index in [4.69, 9.17) is 9.78 Å². The SMILES string of the molecule is CCCCC(C(=O)O)=C(OOC(C)(C)c1ccccc1)C(=O)O. The van der Waals surface area contributed by atoms with Crippen LogP contribution in [0.1, 0.15) is 45.6 Å². The van der Waals surface area contributed by atoms with E-state index in [0.29, 0.717) is 6.42 Å². The van der Waals surface area contributed by atoms with Crippen LogP contribution in [-0.2, 0) is 25.0 Å². The van der Waals surface area contributed by atoms with Gasteiger partial charge in [0.2, 0.25) is 0 Å². The number of aliphatic carboxylic acids is 2. The quantitative estimate of drug-likeness (QED) is 0.313. The van der Waals surface area contributed by atoms with Crippen molar-refractivity contribution in [2.75, 3.05) is 0 Å². The van der Waals surface area contributed by atoms with Crippen molar-refractivity contribution < 1.29 is 29.6 Å². The Hall–Kier alpha value is -2.34. The number of benzene rings is 1. The summed E-state index contributed by atoms with van der Waals surface area (Å²) in [5, 5.41) is 18.4. The normalized spacial score (nSPS) is 12.5. The fourth-order valence-electron chi connectivity index (χ4n) is 1.92. The highest BCUT2D eigenvalue weighted by Crippen LogP contribution is 2.27. The molecule has 0 atom stereocenters. The summed E-state index contributed by atoms with van der Waals surface area (Å²) in [5.41, 5.74) is -0.463. The molecule has 0 aliphatic rings. The molecule has 2 N–H and O–H groups in total. The zero-order valence-corrected chi connectivity index (χ0v) is 13.5. The third-order valence-corrected chi connectivity index (χ3v) is 3.31. The Morgan fingerprint density at radius 1 is 1.09 bits per heavy atom. The van der Waals surface area contributed by atoms with Gasteiger partial charge in [-0.3, -0.25) is 0 Å². The molecule has 0 aliphatic heterocycles. The molecule has 0 fully saturated rings. The smallest absolute Gasteiger partial charge is 0.375 e. The van der Waals surface area contributed by atoms with Gasteiger partial charge >= 0.3 is 11.9 Å². The van der Waals surface area contributed by atoms with Crippen molar-refractivity contribution >= 4 is 11.9 Å². The molecule has 0 spiro atoms. The first kappa shape index (κ1) is 18.7. The van der Waals surface area contributed by atoms with Crippen LogP contribution in [0.25, 0.3) is 0 Å². The van der Waals surface area contributed by atoms with Crippen molar-refractivity contribution in [3.8, 4) is 0 Å². The minimum atomic E-state index is -1.47. The minimum Gasteiger partial charge on any atom is -0.478 e. The van der Waals surface area contributed by atoms with Gasteiger partial charge in [0, 0.05) is 0 Å². The molecule has 0 unspecified atom stereocenters. The molecule has 1 rings (SSSR count). The van der Waals surface area contributed by atoms with E-state index in [1.165, 1.54) is 0 Å². The van der Waals surface area contributed by atoms with Gasteiger partial charge in [-0.2, -0.15) is 4.89 Å². The molecule has 1 aromatic carbocycles. The first-order chi connectivity index (χ1) is 10.8. The summed E-state index contributed by atoms with van der Waals surface area (Å²) in [6.07, 6.45) is 1.38. The third-order valence-electron chi connectivity index (χ3n) is 3.31. The van der Waals surface area contributed by atoms with E-state index in [2.05, 4.69) is 0 Å². The van der Waals surface area contributed by atoms with E-state index >= 15 is 0 Å². The van der Waals surface area contributed by atoms with E-state index in [0.717, 1.165) is 12.0 Å². The molecule has 6 heteroatoms. The summed E-state index contributed by atoms with van der Waals surface area (Å²) in [7, 11) is 0. The second-order valence-corrected chi connectivity index (χ2v) is 5.56. The number of carboxylic acid groups (broad SMARTS) is 2. The number of hydrogen-bond donors (Lipinski definition) is 2. The lowest BCUT2D eigenvalue weighted by molar-refractivity contribution is -0.331. The Morgan fingerprint density at radius 2 is 1.70 bits per heavy atom. The fraction of sp³-hybridized carbons (Fsp3) is 0.412. The van der Waals surface area contributed by atoms with E-state index < -0.39 is 23.3 Å². The molecule has 0 saturated heterocycles. The van der Waals surface area contributed by atoms with Crippen LogP contribution in [-0.4, -0.2) is 22.2 Å². The van der Waals surface area contributed by atoms with Gasteiger partial charge in [0.1, 0.15) is 5.60 Å². The summed E-state index contributed by atoms with van der Waals surface area (Å²) in [6.45, 7) is 5.29. The van der Waals surface area contributed by atoms with Gasteiger partial charge in [0.05, 0.1) is 5.57 Å². The largest absolute Gasteiger partial charge is 0.478 e. The van der Waals surface area contributed by atoms with Gasteiger partial charge in [-0.05, 0) is 32.3 Å². The standard InChI is InChI=1S/C17H22O6/c1-4-5-11-13(15(18)19)14(16(20)21)22-23-17(2,3)12-9-7-6-8-10-12/h6-10H,4-5,11H2,1-3H3,(H,18,19)(H,20,21). The number of unbranched alkanes of at least 4 members (excludes halogenated alkanes) is 1. The minimum absolute atomic E-state index is 0.0998. The molecule has 0 radical (unpaired) electrons. The van der Waals surface area contributed by atoms with Crippen molar-refractivity contribution in [2.45, 2.75) is 45.6 Å². The molecular formula is C17H22O6. The number of rotatable bonds is 9. The van der Waals surface area contributed by atoms with Crippen LogP contribution < -0.4 is 0 Å². The lowest BCUT2D eigenvalue weighted by atomic mass is 9.99. The van der Waals surface area contributed by atoms with Crippen LogP contribution in [0.2, 0.25) is 0 Å². The summed E-state index contributed by atoms with van der Waals surface area (Å²) in [6, 6.07) is 9.10. The monoisotopic (exact) mass is 322 g/mol. The lowest BCUT2D eigenvalue weighted by Crippen LogP contribution is -2.24. The Balaban J connectivity index is 2.99. The highest BCUT2D eigenvalue weighted by molar-refractivity contribution is 5.97. The number of hydrogen-bond acceptors (Lipinski definition) is 4. The molecule has 0 aromatic heterocycles. The molecule has 0 amide bonds. The second-order valence-electron chi connectivity index (χ2n) is 5.56. The Bertz CT molecular complexity index is 574. The van der Waals surface area contributed by atoms with Gasteiger partial charge in [0.25, 0.3) is 5.76 Å². The summed E-state index contributed by atoms with van der Waals surface area (Å²) < 4.78 is 0. The molecule has 0 bridgehead atoms. The van der Waals surface area contributed by atoms with Crippen molar-refractivity contribution in [2.24, 2.45) is 0 Å². The van der Waals surface area contributed by atoms with Gasteiger partial charge < -0.3 is 15.1 Å². The van der Waals surface area contributed by atoms with E-state index in [9.17, 15) is 19.8 Å². The molecule has 0 heterocycles. The Labute approximate surface area is 135 Å². The predicted octanol–water partition coefficient (Wildman–Crippen LogP) is 3.48. The van der Waals surface area contributed by atoms with E-state index in [1.54, 1.807) is 13.8 Å². The fourth-order valence-corrected chi connectivity index (χ4v) is 1.92. The van der Waals surface area contributed by atoms with Crippen LogP contribution in [0.4, 0.5) is 0 Å². The molecule has 1 aromatic rings. The molecular weight excluding hydrogens is 300 g/mol. The first-order valence-electron chi connectivity index (χ1n) is 7.40. The Morgan fingerprint density at radius 3 is 2.17 bits per heavy atom. The molecule has 126 valence electrons. The van der Waals surface area contributed by atoms with Gasteiger partial charge in [0.15, 0.2) is 0 Å². The molecule has 6 nitrogen and oxygen atoms in total. The van der Waals surface area contributed by atoms with Crippen LogP contribution in [0, 0.1) is 0 Å². The third kappa shape index (κ3) is 5.41. The summed E-state index contributed by atoms with van der Waals surface area (Å²) in [5.74, 6) is -3.48.